The third-order valence-corrected chi connectivity index (χ3v) is 11.4. The topological polar surface area (TPSA) is 29.0 Å². The maximum Gasteiger partial charge on any atom is 0.0809 e. The predicted octanol–water partition coefficient (Wildman–Crippen LogP) is 15.2. The molecule has 0 radical (unpaired) electrons. The highest BCUT2D eigenvalue weighted by molar-refractivity contribution is 6.27. The summed E-state index contributed by atoms with van der Waals surface area (Å²) in [5.41, 5.74) is 13.8. The van der Waals surface area contributed by atoms with Gasteiger partial charge >= 0.3 is 0 Å². The van der Waals surface area contributed by atoms with Gasteiger partial charge in [-0.2, -0.15) is 0 Å². The summed E-state index contributed by atoms with van der Waals surface area (Å²) in [7, 11) is 0. The molecule has 0 unspecified atom stereocenters. The Balaban J connectivity index is 1.16. The van der Waals surface area contributed by atoms with Gasteiger partial charge in [0.25, 0.3) is 0 Å². The molecule has 0 spiro atoms. The summed E-state index contributed by atoms with van der Waals surface area (Å²) in [5.74, 6) is 0. The van der Waals surface area contributed by atoms with Crippen LogP contribution in [0.15, 0.2) is 224 Å². The number of nitrogens with zero attached hydrogens (tertiary/aromatic N) is 3. The van der Waals surface area contributed by atoms with Gasteiger partial charge in [0.05, 0.1) is 28.1 Å². The average Bonchev–Trinajstić information content (AvgIpc) is 3.32. The molecule has 0 aliphatic carbocycles. The first-order valence-electron chi connectivity index (χ1n) is 20.1. The number of hydrogen-bond donors (Lipinski definition) is 0. The van der Waals surface area contributed by atoms with Crippen LogP contribution in [-0.2, 0) is 0 Å². The Kier molecular flexibility index (Phi) is 8.49. The maximum absolute atomic E-state index is 5.62. The number of pyridine rings is 2. The van der Waals surface area contributed by atoms with Crippen LogP contribution in [-0.4, -0.2) is 9.97 Å². The van der Waals surface area contributed by atoms with Crippen molar-refractivity contribution in [2.75, 3.05) is 4.90 Å². The summed E-state index contributed by atoms with van der Waals surface area (Å²) in [6, 6.07) is 79.8. The standard InChI is InChI=1S/C56H37N3/c1-5-17-38(18-6-1)39-29-31-40(32-30-39)49-37-51(57-50-28-16-15-27-47(49)50)43-33-34-48-52(35-43)58-56(41-19-7-2-8-20-41)55-53(36-42-21-13-14-26-46(42)54(48)55)59(44-22-9-3-10-23-44)45-24-11-4-12-25-45/h1-37H. The van der Waals surface area contributed by atoms with Crippen LogP contribution in [0.2, 0.25) is 0 Å². The van der Waals surface area contributed by atoms with Gasteiger partial charge in [0, 0.05) is 44.0 Å². The molecule has 276 valence electrons. The molecule has 2 heterocycles. The zero-order valence-electron chi connectivity index (χ0n) is 32.2. The quantitative estimate of drug-likeness (QED) is 0.152. The number of rotatable bonds is 7. The summed E-state index contributed by atoms with van der Waals surface area (Å²) < 4.78 is 0. The number of para-hydroxylation sites is 3. The minimum atomic E-state index is 0.911. The zero-order valence-corrected chi connectivity index (χ0v) is 32.2. The van der Waals surface area contributed by atoms with E-state index in [0.29, 0.717) is 0 Å². The van der Waals surface area contributed by atoms with E-state index in [9.17, 15) is 0 Å². The number of hydrogen-bond acceptors (Lipinski definition) is 3. The first kappa shape index (κ1) is 34.4. The SMILES string of the molecule is c1ccc(-c2ccc(-c3cc(-c4ccc5c(c4)nc(-c4ccccc4)c4c(N(c6ccccc6)c6ccccc6)cc6ccccc6c45)nc4ccccc34)cc2)cc1. The van der Waals surface area contributed by atoms with Crippen LogP contribution in [0.25, 0.3) is 88.1 Å². The van der Waals surface area contributed by atoms with Crippen molar-refractivity contribution in [1.82, 2.24) is 9.97 Å². The second-order valence-corrected chi connectivity index (χ2v) is 14.9. The Morgan fingerprint density at radius 3 is 1.56 bits per heavy atom. The Bertz CT molecular complexity index is 3250. The molecule has 2 aromatic heterocycles. The number of aromatic nitrogens is 2. The first-order valence-corrected chi connectivity index (χ1v) is 20.1. The molecule has 0 saturated carbocycles. The normalized spacial score (nSPS) is 11.4. The van der Waals surface area contributed by atoms with Gasteiger partial charge in [0.1, 0.15) is 0 Å². The predicted molar refractivity (Wildman–Crippen MR) is 248 cm³/mol. The Morgan fingerprint density at radius 1 is 0.322 bits per heavy atom. The van der Waals surface area contributed by atoms with E-state index in [-0.39, 0.29) is 0 Å². The Morgan fingerprint density at radius 2 is 0.864 bits per heavy atom. The summed E-state index contributed by atoms with van der Waals surface area (Å²) in [6.45, 7) is 0. The number of fused-ring (bicyclic) bond motifs is 6. The maximum atomic E-state index is 5.62. The van der Waals surface area contributed by atoms with E-state index < -0.39 is 0 Å². The van der Waals surface area contributed by atoms with Crippen LogP contribution in [0.3, 0.4) is 0 Å². The van der Waals surface area contributed by atoms with Crippen LogP contribution < -0.4 is 4.90 Å². The molecule has 0 fully saturated rings. The van der Waals surface area contributed by atoms with E-state index in [1.54, 1.807) is 0 Å². The van der Waals surface area contributed by atoms with Crippen LogP contribution in [0.5, 0.6) is 0 Å². The highest BCUT2D eigenvalue weighted by Gasteiger charge is 2.23. The summed E-state index contributed by atoms with van der Waals surface area (Å²) in [4.78, 5) is 13.3. The van der Waals surface area contributed by atoms with Crippen LogP contribution in [0.1, 0.15) is 0 Å². The highest BCUT2D eigenvalue weighted by atomic mass is 15.1. The fourth-order valence-corrected chi connectivity index (χ4v) is 8.62. The van der Waals surface area contributed by atoms with Crippen LogP contribution >= 0.6 is 0 Å². The smallest absolute Gasteiger partial charge is 0.0809 e. The molecule has 0 saturated heterocycles. The lowest BCUT2D eigenvalue weighted by Gasteiger charge is -2.28. The molecule has 0 N–H and O–H groups in total. The average molecular weight is 752 g/mol. The molecule has 11 aromatic rings. The molecule has 0 amide bonds. The lowest BCUT2D eigenvalue weighted by atomic mass is 9.92. The van der Waals surface area contributed by atoms with Crippen molar-refractivity contribution in [3.8, 4) is 44.8 Å². The van der Waals surface area contributed by atoms with E-state index in [1.807, 2.05) is 0 Å². The van der Waals surface area contributed by atoms with Gasteiger partial charge < -0.3 is 4.90 Å². The minimum absolute atomic E-state index is 0.911. The van der Waals surface area contributed by atoms with Crippen molar-refractivity contribution in [2.45, 2.75) is 0 Å². The van der Waals surface area contributed by atoms with Crippen LogP contribution in [0, 0.1) is 0 Å². The fraction of sp³-hybridized carbons (Fsp3) is 0. The zero-order chi connectivity index (χ0) is 39.1. The summed E-state index contributed by atoms with van der Waals surface area (Å²) in [6.07, 6.45) is 0. The molecule has 3 nitrogen and oxygen atoms in total. The van der Waals surface area contributed by atoms with Crippen molar-refractivity contribution >= 4 is 60.4 Å². The minimum Gasteiger partial charge on any atom is -0.310 e. The summed E-state index contributed by atoms with van der Waals surface area (Å²) >= 11 is 0. The van der Waals surface area contributed by atoms with Crippen molar-refractivity contribution in [3.63, 3.8) is 0 Å². The van der Waals surface area contributed by atoms with Gasteiger partial charge in [0.2, 0.25) is 0 Å². The lowest BCUT2D eigenvalue weighted by Crippen LogP contribution is -2.11. The largest absolute Gasteiger partial charge is 0.310 e. The Labute approximate surface area is 343 Å². The third kappa shape index (κ3) is 6.17. The van der Waals surface area contributed by atoms with Gasteiger partial charge in [-0.25, -0.2) is 9.97 Å². The monoisotopic (exact) mass is 751 g/mol. The second kappa shape index (κ2) is 14.6. The molecule has 0 aliphatic heterocycles. The fourth-order valence-electron chi connectivity index (χ4n) is 8.62. The van der Waals surface area contributed by atoms with Crippen molar-refractivity contribution in [1.29, 1.82) is 0 Å². The number of anilines is 3. The van der Waals surface area contributed by atoms with E-state index in [0.717, 1.165) is 77.9 Å². The van der Waals surface area contributed by atoms with E-state index in [1.165, 1.54) is 27.3 Å². The van der Waals surface area contributed by atoms with Gasteiger partial charge in [-0.05, 0) is 81.6 Å². The van der Waals surface area contributed by atoms with E-state index in [4.69, 9.17) is 9.97 Å². The van der Waals surface area contributed by atoms with Crippen molar-refractivity contribution in [3.05, 3.63) is 224 Å². The molecule has 11 rings (SSSR count). The van der Waals surface area contributed by atoms with Gasteiger partial charge in [-0.3, -0.25) is 0 Å². The third-order valence-electron chi connectivity index (χ3n) is 11.4. The second-order valence-electron chi connectivity index (χ2n) is 14.9. The molecule has 9 aromatic carbocycles. The molecule has 0 bridgehead atoms. The molecule has 59 heavy (non-hydrogen) atoms. The van der Waals surface area contributed by atoms with Gasteiger partial charge in [0.15, 0.2) is 0 Å². The van der Waals surface area contributed by atoms with E-state index in [2.05, 4.69) is 229 Å². The lowest BCUT2D eigenvalue weighted by molar-refractivity contribution is 1.30. The molecule has 3 heteroatoms. The molecule has 0 aliphatic rings. The Hall–Kier alpha value is -7.88. The van der Waals surface area contributed by atoms with Crippen molar-refractivity contribution < 1.29 is 0 Å². The van der Waals surface area contributed by atoms with Crippen molar-refractivity contribution in [2.24, 2.45) is 0 Å². The first-order chi connectivity index (χ1) is 29.3. The van der Waals surface area contributed by atoms with Gasteiger partial charge in [-0.15, -0.1) is 0 Å². The summed E-state index contributed by atoms with van der Waals surface area (Å²) in [5, 5.41) is 6.86. The van der Waals surface area contributed by atoms with Crippen LogP contribution in [0.4, 0.5) is 17.1 Å². The molecular formula is C56H37N3. The molecule has 0 atom stereocenters. The number of benzene rings is 9. The molecular weight excluding hydrogens is 715 g/mol. The van der Waals surface area contributed by atoms with E-state index >= 15 is 0 Å². The van der Waals surface area contributed by atoms with Gasteiger partial charge in [-0.1, -0.05) is 176 Å². The highest BCUT2D eigenvalue weighted by Crippen LogP contribution is 2.47.